The van der Waals surface area contributed by atoms with Crippen LogP contribution in [0.25, 0.3) is 21.9 Å². The summed E-state index contributed by atoms with van der Waals surface area (Å²) in [6.45, 7) is 1.60. The monoisotopic (exact) mass is 817 g/mol. The van der Waals surface area contributed by atoms with E-state index in [0.29, 0.717) is 61.6 Å². The maximum absolute atomic E-state index is 13.1. The first-order chi connectivity index (χ1) is 27.8. The molecule has 0 radical (unpaired) electrons. The second-order valence-corrected chi connectivity index (χ2v) is 16.0. The summed E-state index contributed by atoms with van der Waals surface area (Å²) in [7, 11) is 1.27. The molecule has 2 fully saturated rings. The number of carboxylic acid groups (broad SMARTS) is 1. The van der Waals surface area contributed by atoms with Crippen molar-refractivity contribution in [1.29, 1.82) is 0 Å². The van der Waals surface area contributed by atoms with E-state index in [1.165, 1.54) is 10.6 Å². The Balaban J connectivity index is 0.00000183. The topological polar surface area (TPSA) is 236 Å². The van der Waals surface area contributed by atoms with E-state index in [0.717, 1.165) is 27.0 Å². The van der Waals surface area contributed by atoms with Crippen molar-refractivity contribution in [2.75, 3.05) is 45.7 Å². The van der Waals surface area contributed by atoms with E-state index in [4.69, 9.17) is 19.4 Å². The Labute approximate surface area is 333 Å². The lowest BCUT2D eigenvalue weighted by atomic mass is 9.98. The zero-order valence-electron chi connectivity index (χ0n) is 32.0. The van der Waals surface area contributed by atoms with Gasteiger partial charge in [0.15, 0.2) is 0 Å². The van der Waals surface area contributed by atoms with E-state index in [9.17, 15) is 32.4 Å². The molecule has 58 heavy (non-hydrogen) atoms. The van der Waals surface area contributed by atoms with E-state index < -0.39 is 44.9 Å². The summed E-state index contributed by atoms with van der Waals surface area (Å²) in [4.78, 5) is 78.0. The number of carbonyl (C=O) groups is 5. The van der Waals surface area contributed by atoms with E-state index in [2.05, 4.69) is 20.3 Å². The Morgan fingerprint density at radius 3 is 2.28 bits per heavy atom. The SMILES string of the molecule is COc1cc(-c2cn(C)c(=O)c3cnccc23)cc(OC)c1CN1CC(S(=O)(=O)NCCCCNc2ccc3c(c2)C(=O)N(C2CCC(=O)NC2=O)C3=O)C1.O=CO. The van der Waals surface area contributed by atoms with Gasteiger partial charge >= 0.3 is 0 Å². The number of hydrogen-bond donors (Lipinski definition) is 4. The second-order valence-electron chi connectivity index (χ2n) is 13.9. The number of imide groups is 2. The van der Waals surface area contributed by atoms with Crippen molar-refractivity contribution in [3.63, 3.8) is 0 Å². The lowest BCUT2D eigenvalue weighted by Crippen LogP contribution is -2.57. The molecule has 3 aliphatic heterocycles. The number of carbonyl (C=O) groups excluding carboxylic acids is 4. The fourth-order valence-electron chi connectivity index (χ4n) is 7.30. The largest absolute Gasteiger partial charge is 0.496 e. The van der Waals surface area contributed by atoms with Crippen LogP contribution < -0.4 is 30.4 Å². The summed E-state index contributed by atoms with van der Waals surface area (Å²) in [5.74, 6) is -1.08. The van der Waals surface area contributed by atoms with Crippen molar-refractivity contribution < 1.29 is 47.0 Å². The number of pyridine rings is 2. The number of aromatic nitrogens is 2. The van der Waals surface area contributed by atoms with Crippen LogP contribution in [0.3, 0.4) is 0 Å². The third-order valence-electron chi connectivity index (χ3n) is 10.3. The molecule has 4 N–H and O–H groups in total. The van der Waals surface area contributed by atoms with E-state index in [1.54, 1.807) is 58.1 Å². The Bertz CT molecular complexity index is 2420. The number of hydrogen-bond acceptors (Lipinski definition) is 13. The van der Waals surface area contributed by atoms with Crippen LogP contribution in [0.4, 0.5) is 5.69 Å². The highest BCUT2D eigenvalue weighted by atomic mass is 32.2. The zero-order chi connectivity index (χ0) is 41.7. The van der Waals surface area contributed by atoms with Gasteiger partial charge in [0.25, 0.3) is 23.8 Å². The molecule has 2 saturated heterocycles. The van der Waals surface area contributed by atoms with E-state index >= 15 is 0 Å². The minimum atomic E-state index is -3.56. The molecule has 306 valence electrons. The average molecular weight is 818 g/mol. The number of sulfonamides is 1. The molecule has 3 aliphatic rings. The average Bonchev–Trinajstić information content (AvgIpc) is 3.43. The van der Waals surface area contributed by atoms with Gasteiger partial charge in [-0.3, -0.25) is 48.9 Å². The number of ether oxygens (including phenoxy) is 2. The van der Waals surface area contributed by atoms with E-state index in [-0.39, 0.29) is 42.5 Å². The number of likely N-dealkylation sites (tertiary alicyclic amines) is 1. The maximum Gasteiger partial charge on any atom is 0.290 e. The quantitative estimate of drug-likeness (QED) is 0.0806. The van der Waals surface area contributed by atoms with Crippen LogP contribution in [0, 0.1) is 0 Å². The number of methoxy groups -OCH3 is 2. The summed E-state index contributed by atoms with van der Waals surface area (Å²) >= 11 is 0. The number of aryl methyl sites for hydroxylation is 1. The summed E-state index contributed by atoms with van der Waals surface area (Å²) in [6, 6.07) is 9.34. The molecule has 5 heterocycles. The van der Waals surface area contributed by atoms with Crippen molar-refractivity contribution in [2.45, 2.75) is 43.5 Å². The zero-order valence-corrected chi connectivity index (χ0v) is 32.8. The van der Waals surface area contributed by atoms with Crippen molar-refractivity contribution in [3.8, 4) is 22.6 Å². The molecular formula is C39H43N7O11S. The summed E-state index contributed by atoms with van der Waals surface area (Å²) in [5.41, 5.74) is 3.25. The minimum Gasteiger partial charge on any atom is -0.496 e. The number of nitrogens with zero attached hydrogens (tertiary/aromatic N) is 4. The van der Waals surface area contributed by atoms with Gasteiger partial charge < -0.3 is 24.5 Å². The second kappa shape index (κ2) is 17.5. The Kier molecular flexibility index (Phi) is 12.5. The molecule has 4 amide bonds. The Morgan fingerprint density at radius 1 is 0.931 bits per heavy atom. The van der Waals surface area contributed by atoms with Crippen molar-refractivity contribution in [1.82, 2.24) is 29.4 Å². The highest BCUT2D eigenvalue weighted by Crippen LogP contribution is 2.38. The van der Waals surface area contributed by atoms with Gasteiger partial charge in [0.2, 0.25) is 21.8 Å². The molecule has 0 bridgehead atoms. The van der Waals surface area contributed by atoms with Crippen LogP contribution in [0.15, 0.2) is 59.8 Å². The van der Waals surface area contributed by atoms with Gasteiger partial charge in [-0.15, -0.1) is 0 Å². The first kappa shape index (κ1) is 41.5. The molecule has 19 heteroatoms. The number of fused-ring (bicyclic) bond motifs is 2. The van der Waals surface area contributed by atoms with Crippen LogP contribution in [-0.2, 0) is 38.0 Å². The van der Waals surface area contributed by atoms with Crippen molar-refractivity contribution >= 4 is 56.6 Å². The molecule has 2 aromatic carbocycles. The van der Waals surface area contributed by atoms with E-state index in [1.807, 2.05) is 17.0 Å². The van der Waals surface area contributed by atoms with Crippen molar-refractivity contribution in [3.05, 3.63) is 82.0 Å². The third-order valence-corrected chi connectivity index (χ3v) is 12.1. The van der Waals surface area contributed by atoms with Crippen LogP contribution in [0.1, 0.15) is 52.0 Å². The molecule has 0 saturated carbocycles. The molecule has 18 nitrogen and oxygen atoms in total. The van der Waals surface area contributed by atoms with Gasteiger partial charge in [-0.25, -0.2) is 13.1 Å². The molecule has 1 unspecified atom stereocenters. The van der Waals surface area contributed by atoms with Gasteiger partial charge in [0.05, 0.1) is 36.3 Å². The highest BCUT2D eigenvalue weighted by molar-refractivity contribution is 7.90. The number of unbranched alkanes of at least 4 members (excludes halogenated alkanes) is 1. The number of benzene rings is 2. The van der Waals surface area contributed by atoms with Gasteiger partial charge in [-0.1, -0.05) is 0 Å². The maximum atomic E-state index is 13.1. The predicted molar refractivity (Wildman–Crippen MR) is 211 cm³/mol. The molecule has 7 rings (SSSR count). The molecule has 0 aliphatic carbocycles. The Morgan fingerprint density at radius 2 is 1.60 bits per heavy atom. The van der Waals surface area contributed by atoms with Crippen LogP contribution in [0.5, 0.6) is 11.5 Å². The van der Waals surface area contributed by atoms with Gasteiger partial charge in [0, 0.05) is 76.0 Å². The normalized spacial score (nSPS) is 16.9. The predicted octanol–water partition coefficient (Wildman–Crippen LogP) is 1.72. The fourth-order valence-corrected chi connectivity index (χ4v) is 8.78. The van der Waals surface area contributed by atoms with Gasteiger partial charge in [-0.05, 0) is 66.6 Å². The molecule has 2 aromatic heterocycles. The number of amides is 4. The first-order valence-corrected chi connectivity index (χ1v) is 19.9. The lowest BCUT2D eigenvalue weighted by molar-refractivity contribution is -0.136. The van der Waals surface area contributed by atoms with Gasteiger partial charge in [0.1, 0.15) is 22.8 Å². The number of anilines is 1. The minimum absolute atomic E-state index is 0.0473. The number of piperidine rings is 1. The smallest absolute Gasteiger partial charge is 0.290 e. The molecular weight excluding hydrogens is 775 g/mol. The molecule has 1 atom stereocenters. The summed E-state index contributed by atoms with van der Waals surface area (Å²) in [5, 5.41) is 13.0. The molecule has 0 spiro atoms. The number of nitrogens with one attached hydrogen (secondary N) is 3. The first-order valence-electron chi connectivity index (χ1n) is 18.4. The third kappa shape index (κ3) is 8.41. The summed E-state index contributed by atoms with van der Waals surface area (Å²) in [6.07, 6.45) is 6.30. The fraction of sp³-hybridized carbons (Fsp3) is 0.359. The molecule has 4 aromatic rings. The standard InChI is InChI=1S/C38H41N7O9S.CH2O2/c1-43-20-29(25-10-13-39-17-28(25)36(43)48)22-14-32(53-2)30(33(15-22)54-3)21-44-18-24(19-44)55(51,52)41-12-5-4-11-40-23-6-7-26-27(16-23)38(50)45(37(26)49)31-8-9-34(46)42-35(31)47;2-1-3/h6-7,10,13-17,20,24,31,40-41H,4-5,8-9,11-12,18-19,21H2,1-3H3,(H,42,46,47);1H,(H,2,3). The summed E-state index contributed by atoms with van der Waals surface area (Å²) < 4.78 is 42.0. The lowest BCUT2D eigenvalue weighted by Gasteiger charge is -2.39. The van der Waals surface area contributed by atoms with Gasteiger partial charge in [-0.2, -0.15) is 0 Å². The Hall–Kier alpha value is -6.18. The van der Waals surface area contributed by atoms with Crippen LogP contribution >= 0.6 is 0 Å². The van der Waals surface area contributed by atoms with Crippen LogP contribution in [0.2, 0.25) is 0 Å². The number of rotatable bonds is 14. The highest BCUT2D eigenvalue weighted by Gasteiger charge is 2.44. The van der Waals surface area contributed by atoms with Crippen molar-refractivity contribution in [2.24, 2.45) is 7.05 Å². The van der Waals surface area contributed by atoms with Crippen LogP contribution in [-0.4, -0.2) is 115 Å².